The molecule has 0 bridgehead atoms. The van der Waals surface area contributed by atoms with Crippen LogP contribution < -0.4 is 10.3 Å². The van der Waals surface area contributed by atoms with Crippen LogP contribution in [0.5, 0.6) is 5.75 Å². The average Bonchev–Trinajstić information content (AvgIpc) is 3.11. The van der Waals surface area contributed by atoms with E-state index in [1.807, 2.05) is 18.2 Å². The predicted octanol–water partition coefficient (Wildman–Crippen LogP) is 4.03. The highest BCUT2D eigenvalue weighted by Crippen LogP contribution is 2.28. The van der Waals surface area contributed by atoms with Gasteiger partial charge in [0.05, 0.1) is 29.5 Å². The molecule has 0 spiro atoms. The summed E-state index contributed by atoms with van der Waals surface area (Å²) in [5.41, 5.74) is 0.916. The van der Waals surface area contributed by atoms with Gasteiger partial charge in [-0.2, -0.15) is 4.98 Å². The zero-order valence-electron chi connectivity index (χ0n) is 15.0. The Kier molecular flexibility index (Phi) is 5.06. The van der Waals surface area contributed by atoms with Gasteiger partial charge in [-0.05, 0) is 30.3 Å². The van der Waals surface area contributed by atoms with E-state index >= 15 is 0 Å². The normalized spacial score (nSPS) is 11.1. The zero-order valence-corrected chi connectivity index (χ0v) is 16.6. The Bertz CT molecular complexity index is 1220. The van der Waals surface area contributed by atoms with Crippen molar-refractivity contribution in [2.24, 2.45) is 0 Å². The molecular weight excluding hydrogens is 400 g/mol. The Balaban J connectivity index is 1.90. The molecule has 28 heavy (non-hydrogen) atoms. The molecule has 2 heterocycles. The van der Waals surface area contributed by atoms with Crippen LogP contribution in [0.1, 0.15) is 11.7 Å². The van der Waals surface area contributed by atoms with E-state index in [1.165, 1.54) is 16.3 Å². The summed E-state index contributed by atoms with van der Waals surface area (Å²) in [5.74, 6) is 1.97. The van der Waals surface area contributed by atoms with Crippen molar-refractivity contribution in [1.29, 1.82) is 0 Å². The van der Waals surface area contributed by atoms with Crippen LogP contribution in [-0.4, -0.2) is 26.8 Å². The topological polar surface area (TPSA) is 83.0 Å². The molecule has 9 heteroatoms. The number of para-hydroxylation sites is 2. The van der Waals surface area contributed by atoms with Crippen LogP contribution in [0, 0.1) is 6.92 Å². The largest absolute Gasteiger partial charge is 0.495 e. The number of aryl methyl sites for hydroxylation is 1. The molecule has 0 aliphatic rings. The van der Waals surface area contributed by atoms with Crippen molar-refractivity contribution in [2.75, 3.05) is 7.11 Å². The van der Waals surface area contributed by atoms with Gasteiger partial charge in [-0.15, -0.1) is 0 Å². The van der Waals surface area contributed by atoms with E-state index in [0.717, 1.165) is 0 Å². The lowest BCUT2D eigenvalue weighted by Crippen LogP contribution is -2.22. The van der Waals surface area contributed by atoms with E-state index in [2.05, 4.69) is 15.1 Å². The fourth-order valence-electron chi connectivity index (χ4n) is 2.79. The summed E-state index contributed by atoms with van der Waals surface area (Å²) in [4.78, 5) is 22.2. The van der Waals surface area contributed by atoms with Gasteiger partial charge >= 0.3 is 0 Å². The van der Waals surface area contributed by atoms with Gasteiger partial charge in [0.1, 0.15) is 5.75 Å². The van der Waals surface area contributed by atoms with Gasteiger partial charge in [0.2, 0.25) is 5.89 Å². The molecule has 0 aliphatic carbocycles. The summed E-state index contributed by atoms with van der Waals surface area (Å²) in [6.45, 7) is 1.72. The van der Waals surface area contributed by atoms with Gasteiger partial charge in [0, 0.05) is 11.9 Å². The van der Waals surface area contributed by atoms with E-state index in [0.29, 0.717) is 50.0 Å². The van der Waals surface area contributed by atoms with Gasteiger partial charge in [-0.25, -0.2) is 4.98 Å². The third-order valence-electron chi connectivity index (χ3n) is 4.03. The number of aromatic nitrogens is 4. The van der Waals surface area contributed by atoms with Crippen molar-refractivity contribution in [3.63, 3.8) is 0 Å². The Morgan fingerprint density at radius 1 is 1.21 bits per heavy atom. The lowest BCUT2D eigenvalue weighted by atomic mass is 10.2. The second-order valence-corrected chi connectivity index (χ2v) is 7.27. The number of hydrogen-bond acceptors (Lipinski definition) is 7. The van der Waals surface area contributed by atoms with Crippen molar-refractivity contribution >= 4 is 34.3 Å². The standard InChI is InChI=1S/C19H15ClN4O3S/c1-11-21-17(23-27-11)10-28-19-22-14-9-12(20)7-8-13(14)18(25)24(19)15-5-3-4-6-16(15)26-2/h3-9H,10H2,1-2H3. The Morgan fingerprint density at radius 2 is 2.04 bits per heavy atom. The molecule has 4 rings (SSSR count). The molecule has 0 atom stereocenters. The molecule has 0 unspecified atom stereocenters. The lowest BCUT2D eigenvalue weighted by Gasteiger charge is -2.15. The quantitative estimate of drug-likeness (QED) is 0.360. The number of ether oxygens (including phenoxy) is 1. The molecule has 0 amide bonds. The highest BCUT2D eigenvalue weighted by molar-refractivity contribution is 7.98. The SMILES string of the molecule is COc1ccccc1-n1c(SCc2noc(C)n2)nc2cc(Cl)ccc2c1=O. The van der Waals surface area contributed by atoms with Gasteiger partial charge in [-0.3, -0.25) is 9.36 Å². The molecule has 4 aromatic rings. The van der Waals surface area contributed by atoms with Crippen LogP contribution in [0.2, 0.25) is 5.02 Å². The van der Waals surface area contributed by atoms with E-state index in [-0.39, 0.29) is 5.56 Å². The first kappa shape index (κ1) is 18.5. The molecule has 7 nitrogen and oxygen atoms in total. The number of halogens is 1. The minimum atomic E-state index is -0.210. The summed E-state index contributed by atoms with van der Waals surface area (Å²) in [6.07, 6.45) is 0. The third-order valence-corrected chi connectivity index (χ3v) is 5.20. The second kappa shape index (κ2) is 7.65. The smallest absolute Gasteiger partial charge is 0.266 e. The highest BCUT2D eigenvalue weighted by atomic mass is 35.5. The molecule has 2 aromatic heterocycles. The van der Waals surface area contributed by atoms with Crippen LogP contribution >= 0.6 is 23.4 Å². The minimum absolute atomic E-state index is 0.210. The van der Waals surface area contributed by atoms with E-state index in [4.69, 9.17) is 20.9 Å². The number of methoxy groups -OCH3 is 1. The van der Waals surface area contributed by atoms with Gasteiger partial charge in [-0.1, -0.05) is 40.7 Å². The first-order valence-electron chi connectivity index (χ1n) is 8.34. The van der Waals surface area contributed by atoms with Crippen molar-refractivity contribution in [2.45, 2.75) is 17.8 Å². The van der Waals surface area contributed by atoms with Crippen LogP contribution in [0.25, 0.3) is 16.6 Å². The third kappa shape index (κ3) is 3.48. The number of hydrogen-bond donors (Lipinski definition) is 0. The summed E-state index contributed by atoms with van der Waals surface area (Å²) < 4.78 is 12.0. The maximum Gasteiger partial charge on any atom is 0.266 e. The summed E-state index contributed by atoms with van der Waals surface area (Å²) >= 11 is 7.43. The van der Waals surface area contributed by atoms with Gasteiger partial charge in [0.25, 0.3) is 5.56 Å². The van der Waals surface area contributed by atoms with Crippen LogP contribution in [0.15, 0.2) is 56.9 Å². The Labute approximate surface area is 169 Å². The average molecular weight is 415 g/mol. The molecule has 0 fully saturated rings. The molecule has 2 aromatic carbocycles. The van der Waals surface area contributed by atoms with Crippen molar-refractivity contribution in [1.82, 2.24) is 19.7 Å². The molecule has 0 aliphatic heterocycles. The second-order valence-electron chi connectivity index (χ2n) is 5.89. The Hall–Kier alpha value is -2.84. The van der Waals surface area contributed by atoms with E-state index < -0.39 is 0 Å². The number of thioether (sulfide) groups is 1. The fraction of sp³-hybridized carbons (Fsp3) is 0.158. The number of fused-ring (bicyclic) bond motifs is 1. The van der Waals surface area contributed by atoms with Gasteiger partial charge < -0.3 is 9.26 Å². The first-order chi connectivity index (χ1) is 13.6. The highest BCUT2D eigenvalue weighted by Gasteiger charge is 2.17. The van der Waals surface area contributed by atoms with E-state index in [9.17, 15) is 4.79 Å². The lowest BCUT2D eigenvalue weighted by molar-refractivity contribution is 0.389. The number of nitrogens with zero attached hydrogens (tertiary/aromatic N) is 4. The molecule has 0 N–H and O–H groups in total. The molecule has 0 saturated heterocycles. The van der Waals surface area contributed by atoms with Crippen LogP contribution in [0.4, 0.5) is 0 Å². The number of benzene rings is 2. The molecule has 0 radical (unpaired) electrons. The summed E-state index contributed by atoms with van der Waals surface area (Å²) in [5, 5.41) is 5.36. The zero-order chi connectivity index (χ0) is 19.7. The molecule has 142 valence electrons. The monoisotopic (exact) mass is 414 g/mol. The minimum Gasteiger partial charge on any atom is -0.495 e. The van der Waals surface area contributed by atoms with Crippen LogP contribution in [0.3, 0.4) is 0 Å². The van der Waals surface area contributed by atoms with Crippen molar-refractivity contribution in [3.05, 3.63) is 69.6 Å². The molecular formula is C19H15ClN4O3S. The van der Waals surface area contributed by atoms with Crippen molar-refractivity contribution in [3.8, 4) is 11.4 Å². The first-order valence-corrected chi connectivity index (χ1v) is 9.71. The summed E-state index contributed by atoms with van der Waals surface area (Å²) in [7, 11) is 1.56. The van der Waals surface area contributed by atoms with Gasteiger partial charge in [0.15, 0.2) is 11.0 Å². The van der Waals surface area contributed by atoms with E-state index in [1.54, 1.807) is 38.3 Å². The number of rotatable bonds is 5. The Morgan fingerprint density at radius 3 is 2.79 bits per heavy atom. The fourth-order valence-corrected chi connectivity index (χ4v) is 3.81. The maximum absolute atomic E-state index is 13.3. The predicted molar refractivity (Wildman–Crippen MR) is 107 cm³/mol. The molecule has 0 saturated carbocycles. The summed E-state index contributed by atoms with van der Waals surface area (Å²) in [6, 6.07) is 12.3. The maximum atomic E-state index is 13.3. The van der Waals surface area contributed by atoms with Crippen LogP contribution in [-0.2, 0) is 5.75 Å². The van der Waals surface area contributed by atoms with Crippen molar-refractivity contribution < 1.29 is 9.26 Å².